The molecule has 0 radical (unpaired) electrons. The van der Waals surface area contributed by atoms with Crippen molar-refractivity contribution in [2.75, 3.05) is 53.1 Å². The summed E-state index contributed by atoms with van der Waals surface area (Å²) in [6.07, 6.45) is 9.97. The summed E-state index contributed by atoms with van der Waals surface area (Å²) in [6, 6.07) is 13.3. The molecule has 1 aliphatic carbocycles. The van der Waals surface area contributed by atoms with Gasteiger partial charge < -0.3 is 24.6 Å². The lowest BCUT2D eigenvalue weighted by molar-refractivity contribution is -0.139. The van der Waals surface area contributed by atoms with Gasteiger partial charge in [-0.25, -0.2) is 4.79 Å². The number of carboxylic acids is 1. The van der Waals surface area contributed by atoms with Gasteiger partial charge in [0.05, 0.1) is 12.7 Å². The number of amides is 1. The second-order valence-corrected chi connectivity index (χ2v) is 13.0. The van der Waals surface area contributed by atoms with Crippen molar-refractivity contribution in [1.82, 2.24) is 10.2 Å². The van der Waals surface area contributed by atoms with Crippen LogP contribution in [0.1, 0.15) is 80.3 Å². The van der Waals surface area contributed by atoms with Gasteiger partial charge in [0, 0.05) is 52.6 Å². The fourth-order valence-electron chi connectivity index (χ4n) is 6.15. The number of hydrogen-bond acceptors (Lipinski definition) is 7. The normalized spacial score (nSPS) is 18.9. The first-order valence-corrected chi connectivity index (χ1v) is 18.2. The maximum atomic E-state index is 13.4. The van der Waals surface area contributed by atoms with Crippen LogP contribution in [-0.2, 0) is 25.5 Å². The Balaban J connectivity index is 0.00000139. The molecule has 1 heterocycles. The zero-order chi connectivity index (χ0) is 33.9. The molecule has 3 unspecified atom stereocenters. The molecule has 2 aromatic carbocycles. The molecular weight excluding hydrogens is 600 g/mol. The molecule has 3 atom stereocenters. The SMILES string of the molecule is CC.COC.COC1CC(COCC2CCCCC2)N(Cc2ccc(C(=O)NC(CCSC)C(=O)O)c(-c3ccccc3C)c2)C1. The van der Waals surface area contributed by atoms with Gasteiger partial charge >= 0.3 is 5.97 Å². The van der Waals surface area contributed by atoms with Crippen molar-refractivity contribution in [3.63, 3.8) is 0 Å². The Bertz CT molecular complexity index is 1170. The van der Waals surface area contributed by atoms with Crippen molar-refractivity contribution in [2.45, 2.75) is 90.4 Å². The Labute approximate surface area is 282 Å². The zero-order valence-corrected chi connectivity index (χ0v) is 30.0. The molecule has 0 bridgehead atoms. The molecular formula is C37H58N2O6S. The molecule has 4 rings (SSSR count). The number of benzene rings is 2. The van der Waals surface area contributed by atoms with Crippen molar-refractivity contribution in [3.05, 3.63) is 59.2 Å². The smallest absolute Gasteiger partial charge is 0.326 e. The summed E-state index contributed by atoms with van der Waals surface area (Å²) in [6.45, 7) is 9.15. The van der Waals surface area contributed by atoms with E-state index in [4.69, 9.17) is 9.47 Å². The van der Waals surface area contributed by atoms with Crippen LogP contribution in [0.3, 0.4) is 0 Å². The molecule has 1 aliphatic heterocycles. The van der Waals surface area contributed by atoms with Gasteiger partial charge in [0.2, 0.25) is 0 Å². The number of nitrogens with zero attached hydrogens (tertiary/aromatic N) is 1. The van der Waals surface area contributed by atoms with Gasteiger partial charge in [-0.1, -0.05) is 63.4 Å². The monoisotopic (exact) mass is 658 g/mol. The standard InChI is InChI=1S/C33H46N2O5S.C2H6O.C2H6/c1-23-9-7-8-12-28(23)30-17-25(13-14-29(30)32(36)34-31(33(37)38)15-16-41-3)19-35-20-27(39-2)18-26(35)22-40-21-24-10-5-4-6-11-24;1-3-2;1-2/h7-9,12-14,17,24,26-27,31H,4-6,10-11,15-16,18-22H2,1-3H3,(H,34,36)(H,37,38);1-2H3;1-2H3. The first kappa shape index (κ1) is 39.7. The van der Waals surface area contributed by atoms with Crippen molar-refractivity contribution >= 4 is 23.6 Å². The second-order valence-electron chi connectivity index (χ2n) is 12.0. The second kappa shape index (κ2) is 22.2. The quantitative estimate of drug-likeness (QED) is 0.223. The molecule has 8 nitrogen and oxygen atoms in total. The number of carboxylic acid groups (broad SMARTS) is 1. The molecule has 1 amide bonds. The van der Waals surface area contributed by atoms with Gasteiger partial charge in [0.1, 0.15) is 6.04 Å². The van der Waals surface area contributed by atoms with Crippen LogP contribution in [0.5, 0.6) is 0 Å². The number of aliphatic carboxylic acids is 1. The summed E-state index contributed by atoms with van der Waals surface area (Å²) < 4.78 is 16.3. The Morgan fingerprint density at radius 3 is 2.35 bits per heavy atom. The van der Waals surface area contributed by atoms with Gasteiger partial charge in [-0.05, 0) is 84.9 Å². The highest BCUT2D eigenvalue weighted by molar-refractivity contribution is 7.98. The molecule has 0 aromatic heterocycles. The van der Waals surface area contributed by atoms with E-state index in [1.807, 2.05) is 63.4 Å². The van der Waals surface area contributed by atoms with Gasteiger partial charge in [0.15, 0.2) is 0 Å². The average Bonchev–Trinajstić information content (AvgIpc) is 3.46. The van der Waals surface area contributed by atoms with E-state index in [0.29, 0.717) is 30.3 Å². The van der Waals surface area contributed by atoms with E-state index < -0.39 is 12.0 Å². The summed E-state index contributed by atoms with van der Waals surface area (Å²) in [5.41, 5.74) is 4.44. The number of rotatable bonds is 14. The number of nitrogens with one attached hydrogen (secondary N) is 1. The minimum absolute atomic E-state index is 0.174. The van der Waals surface area contributed by atoms with Gasteiger partial charge in [-0.3, -0.25) is 9.69 Å². The maximum absolute atomic E-state index is 13.4. The minimum Gasteiger partial charge on any atom is -0.480 e. The lowest BCUT2D eigenvalue weighted by Crippen LogP contribution is -2.41. The number of likely N-dealkylation sites (tertiary alicyclic amines) is 1. The fraction of sp³-hybridized carbons (Fsp3) is 0.622. The number of carbonyl (C=O) groups is 2. The van der Waals surface area contributed by atoms with Gasteiger partial charge in [-0.15, -0.1) is 0 Å². The molecule has 2 aromatic rings. The number of aryl methyl sites for hydroxylation is 1. The molecule has 2 fully saturated rings. The van der Waals surface area contributed by atoms with Crippen LogP contribution in [-0.4, -0.2) is 93.2 Å². The van der Waals surface area contributed by atoms with Crippen LogP contribution in [0.4, 0.5) is 0 Å². The summed E-state index contributed by atoms with van der Waals surface area (Å²) in [4.78, 5) is 27.7. The Kier molecular flexibility index (Phi) is 19.2. The van der Waals surface area contributed by atoms with Crippen LogP contribution in [0.2, 0.25) is 0 Å². The van der Waals surface area contributed by atoms with E-state index in [-0.39, 0.29) is 18.1 Å². The highest BCUT2D eigenvalue weighted by Crippen LogP contribution is 2.31. The summed E-state index contributed by atoms with van der Waals surface area (Å²) in [7, 11) is 5.03. The number of thioether (sulfide) groups is 1. The van der Waals surface area contributed by atoms with E-state index in [1.165, 1.54) is 32.1 Å². The van der Waals surface area contributed by atoms with Crippen molar-refractivity contribution in [3.8, 4) is 11.1 Å². The van der Waals surface area contributed by atoms with Crippen LogP contribution < -0.4 is 5.32 Å². The summed E-state index contributed by atoms with van der Waals surface area (Å²) in [5.74, 6) is -0.0310. The van der Waals surface area contributed by atoms with Gasteiger partial charge in [-0.2, -0.15) is 11.8 Å². The fourth-order valence-corrected chi connectivity index (χ4v) is 6.62. The molecule has 2 N–H and O–H groups in total. The first-order valence-electron chi connectivity index (χ1n) is 16.8. The van der Waals surface area contributed by atoms with E-state index in [9.17, 15) is 14.7 Å². The Hall–Kier alpha value is -2.43. The number of ether oxygens (including phenoxy) is 3. The van der Waals surface area contributed by atoms with E-state index in [1.54, 1.807) is 33.1 Å². The largest absolute Gasteiger partial charge is 0.480 e. The van der Waals surface area contributed by atoms with E-state index >= 15 is 0 Å². The van der Waals surface area contributed by atoms with Crippen LogP contribution >= 0.6 is 11.8 Å². The van der Waals surface area contributed by atoms with Crippen LogP contribution in [0, 0.1) is 12.8 Å². The zero-order valence-electron chi connectivity index (χ0n) is 29.2. The third-order valence-corrected chi connectivity index (χ3v) is 9.22. The van der Waals surface area contributed by atoms with E-state index in [0.717, 1.165) is 48.4 Å². The molecule has 46 heavy (non-hydrogen) atoms. The summed E-state index contributed by atoms with van der Waals surface area (Å²) in [5, 5.41) is 12.4. The minimum atomic E-state index is -1.01. The summed E-state index contributed by atoms with van der Waals surface area (Å²) >= 11 is 1.57. The van der Waals surface area contributed by atoms with Crippen LogP contribution in [0.15, 0.2) is 42.5 Å². The maximum Gasteiger partial charge on any atom is 0.326 e. The average molecular weight is 659 g/mol. The Morgan fingerprint density at radius 1 is 1.02 bits per heavy atom. The predicted octanol–water partition coefficient (Wildman–Crippen LogP) is 7.07. The topological polar surface area (TPSA) is 97.3 Å². The third kappa shape index (κ3) is 12.6. The van der Waals surface area contributed by atoms with Crippen LogP contribution in [0.25, 0.3) is 11.1 Å². The lowest BCUT2D eigenvalue weighted by Gasteiger charge is -2.26. The van der Waals surface area contributed by atoms with Crippen molar-refractivity contribution < 1.29 is 28.9 Å². The molecule has 258 valence electrons. The highest BCUT2D eigenvalue weighted by atomic mass is 32.2. The Morgan fingerprint density at radius 2 is 1.72 bits per heavy atom. The first-order chi connectivity index (χ1) is 22.3. The predicted molar refractivity (Wildman–Crippen MR) is 190 cm³/mol. The molecule has 0 spiro atoms. The number of hydrogen-bond donors (Lipinski definition) is 2. The van der Waals surface area contributed by atoms with Crippen molar-refractivity contribution in [1.29, 1.82) is 0 Å². The molecule has 1 saturated heterocycles. The van der Waals surface area contributed by atoms with E-state index in [2.05, 4.69) is 21.0 Å². The molecule has 1 saturated carbocycles. The lowest BCUT2D eigenvalue weighted by atomic mass is 9.90. The van der Waals surface area contributed by atoms with Crippen molar-refractivity contribution in [2.24, 2.45) is 5.92 Å². The number of methoxy groups -OCH3 is 2. The molecule has 2 aliphatic rings. The number of carbonyl (C=O) groups excluding carboxylic acids is 1. The molecule has 9 heteroatoms. The van der Waals surface area contributed by atoms with Gasteiger partial charge in [0.25, 0.3) is 5.91 Å². The highest BCUT2D eigenvalue weighted by Gasteiger charge is 2.33. The third-order valence-electron chi connectivity index (χ3n) is 8.57.